The van der Waals surface area contributed by atoms with E-state index in [1.807, 2.05) is 25.7 Å². The van der Waals surface area contributed by atoms with Crippen LogP contribution in [-0.2, 0) is 14.3 Å². The lowest BCUT2D eigenvalue weighted by Gasteiger charge is -2.39. The summed E-state index contributed by atoms with van der Waals surface area (Å²) < 4.78 is 5.11. The zero-order valence-electron chi connectivity index (χ0n) is 13.0. The molecule has 6 nitrogen and oxygen atoms in total. The number of nitrogens with zero attached hydrogens (tertiary/aromatic N) is 2. The molecule has 1 amide bonds. The zero-order chi connectivity index (χ0) is 15.1. The first kappa shape index (κ1) is 16.9. The molecule has 0 aromatic carbocycles. The van der Waals surface area contributed by atoms with Crippen LogP contribution in [-0.4, -0.2) is 73.1 Å². The lowest BCUT2D eigenvalue weighted by atomic mass is 10.1. The number of rotatable bonds is 6. The Hall–Kier alpha value is -1.14. The SMILES string of the molecule is CCOC(=O)C1CNCCN1C(C)C(=O)N(CC)CC. The number of piperazine rings is 1. The van der Waals surface area contributed by atoms with Gasteiger partial charge in [0.15, 0.2) is 0 Å². The molecule has 0 spiro atoms. The van der Waals surface area contributed by atoms with Crippen molar-refractivity contribution in [2.24, 2.45) is 0 Å². The molecule has 0 aromatic heterocycles. The predicted molar refractivity (Wildman–Crippen MR) is 77.4 cm³/mol. The maximum Gasteiger partial charge on any atom is 0.324 e. The first-order chi connectivity index (χ1) is 9.56. The molecule has 116 valence electrons. The second kappa shape index (κ2) is 8.21. The van der Waals surface area contributed by atoms with Gasteiger partial charge in [-0.05, 0) is 27.7 Å². The largest absolute Gasteiger partial charge is 0.465 e. The number of ether oxygens (including phenoxy) is 1. The molecule has 1 aliphatic heterocycles. The molecule has 1 N–H and O–H groups in total. The van der Waals surface area contributed by atoms with Gasteiger partial charge in [-0.2, -0.15) is 0 Å². The van der Waals surface area contributed by atoms with Gasteiger partial charge in [-0.3, -0.25) is 14.5 Å². The monoisotopic (exact) mass is 285 g/mol. The van der Waals surface area contributed by atoms with E-state index < -0.39 is 0 Å². The van der Waals surface area contributed by atoms with Crippen LogP contribution in [0.1, 0.15) is 27.7 Å². The highest BCUT2D eigenvalue weighted by atomic mass is 16.5. The smallest absolute Gasteiger partial charge is 0.324 e. The minimum Gasteiger partial charge on any atom is -0.465 e. The van der Waals surface area contributed by atoms with E-state index in [9.17, 15) is 9.59 Å². The maximum absolute atomic E-state index is 12.4. The average Bonchev–Trinajstić information content (AvgIpc) is 2.47. The molecule has 0 aromatic rings. The standard InChI is InChI=1S/C14H27N3O3/c1-5-16(6-2)13(18)11(4)17-9-8-15-10-12(17)14(19)20-7-3/h11-12,15H,5-10H2,1-4H3. The molecule has 0 aliphatic carbocycles. The molecule has 1 rings (SSSR count). The highest BCUT2D eigenvalue weighted by Gasteiger charge is 2.36. The summed E-state index contributed by atoms with van der Waals surface area (Å²) in [6.45, 7) is 11.3. The molecule has 2 atom stereocenters. The van der Waals surface area contributed by atoms with Crippen LogP contribution in [0.5, 0.6) is 0 Å². The number of hydrogen-bond acceptors (Lipinski definition) is 5. The first-order valence-electron chi connectivity index (χ1n) is 7.48. The zero-order valence-corrected chi connectivity index (χ0v) is 13.0. The van der Waals surface area contributed by atoms with Gasteiger partial charge in [-0.25, -0.2) is 0 Å². The molecule has 0 radical (unpaired) electrons. The number of hydrogen-bond donors (Lipinski definition) is 1. The van der Waals surface area contributed by atoms with Gasteiger partial charge in [0, 0.05) is 32.7 Å². The van der Waals surface area contributed by atoms with Crippen molar-refractivity contribution in [2.45, 2.75) is 39.8 Å². The van der Waals surface area contributed by atoms with Crippen molar-refractivity contribution in [3.63, 3.8) is 0 Å². The first-order valence-corrected chi connectivity index (χ1v) is 7.48. The van der Waals surface area contributed by atoms with Gasteiger partial charge in [-0.15, -0.1) is 0 Å². The minimum atomic E-state index is -0.377. The molecule has 1 heterocycles. The number of esters is 1. The van der Waals surface area contributed by atoms with Gasteiger partial charge in [0.2, 0.25) is 5.91 Å². The van der Waals surface area contributed by atoms with E-state index in [-0.39, 0.29) is 24.0 Å². The second-order valence-electron chi connectivity index (χ2n) is 4.90. The van der Waals surface area contributed by atoms with Crippen molar-refractivity contribution >= 4 is 11.9 Å². The highest BCUT2D eigenvalue weighted by molar-refractivity contribution is 5.83. The Bertz CT molecular complexity index is 332. The van der Waals surface area contributed by atoms with Crippen molar-refractivity contribution < 1.29 is 14.3 Å². The molecule has 2 unspecified atom stereocenters. The summed E-state index contributed by atoms with van der Waals surface area (Å²) in [6, 6.07) is -0.676. The maximum atomic E-state index is 12.4. The van der Waals surface area contributed by atoms with Crippen LogP contribution in [0.15, 0.2) is 0 Å². The van der Waals surface area contributed by atoms with Gasteiger partial charge in [0.05, 0.1) is 12.6 Å². The average molecular weight is 285 g/mol. The van der Waals surface area contributed by atoms with Gasteiger partial charge in [-0.1, -0.05) is 0 Å². The van der Waals surface area contributed by atoms with Crippen LogP contribution >= 0.6 is 0 Å². The Kier molecular flexibility index (Phi) is 6.95. The van der Waals surface area contributed by atoms with Gasteiger partial charge < -0.3 is 15.0 Å². The lowest BCUT2D eigenvalue weighted by Crippen LogP contribution is -2.61. The van der Waals surface area contributed by atoms with Crippen molar-refractivity contribution in [1.29, 1.82) is 0 Å². The van der Waals surface area contributed by atoms with Crippen molar-refractivity contribution in [1.82, 2.24) is 15.1 Å². The summed E-state index contributed by atoms with van der Waals surface area (Å²) in [6.07, 6.45) is 0. The van der Waals surface area contributed by atoms with Gasteiger partial charge in [0.25, 0.3) is 0 Å². The van der Waals surface area contributed by atoms with Crippen LogP contribution in [0.4, 0.5) is 0 Å². The summed E-state index contributed by atoms with van der Waals surface area (Å²) in [5.41, 5.74) is 0. The number of carbonyl (C=O) groups excluding carboxylic acids is 2. The number of carbonyl (C=O) groups is 2. The number of likely N-dealkylation sites (N-methyl/N-ethyl adjacent to an activating group) is 1. The second-order valence-corrected chi connectivity index (χ2v) is 4.90. The van der Waals surface area contributed by atoms with E-state index in [0.717, 1.165) is 6.54 Å². The molecule has 1 fully saturated rings. The van der Waals surface area contributed by atoms with Gasteiger partial charge >= 0.3 is 5.97 Å². The fourth-order valence-corrected chi connectivity index (χ4v) is 2.58. The summed E-state index contributed by atoms with van der Waals surface area (Å²) in [5, 5.41) is 3.19. The van der Waals surface area contributed by atoms with E-state index in [1.165, 1.54) is 0 Å². The quantitative estimate of drug-likeness (QED) is 0.700. The molecule has 0 bridgehead atoms. The van der Waals surface area contributed by atoms with E-state index in [2.05, 4.69) is 5.32 Å². The normalized spacial score (nSPS) is 21.3. The topological polar surface area (TPSA) is 61.9 Å². The van der Waals surface area contributed by atoms with Crippen LogP contribution in [0.25, 0.3) is 0 Å². The Balaban J connectivity index is 2.78. The highest BCUT2D eigenvalue weighted by Crippen LogP contribution is 2.12. The fourth-order valence-electron chi connectivity index (χ4n) is 2.58. The summed E-state index contributed by atoms with van der Waals surface area (Å²) in [7, 11) is 0. The van der Waals surface area contributed by atoms with E-state index in [1.54, 1.807) is 11.8 Å². The lowest BCUT2D eigenvalue weighted by molar-refractivity contribution is -0.153. The Morgan fingerprint density at radius 2 is 2.00 bits per heavy atom. The molecule has 1 aliphatic rings. The van der Waals surface area contributed by atoms with Crippen LogP contribution in [0.3, 0.4) is 0 Å². The predicted octanol–water partition coefficient (Wildman–Crippen LogP) is 0.0802. The van der Waals surface area contributed by atoms with E-state index in [0.29, 0.717) is 32.8 Å². The van der Waals surface area contributed by atoms with Crippen molar-refractivity contribution in [2.75, 3.05) is 39.3 Å². The fraction of sp³-hybridized carbons (Fsp3) is 0.857. The van der Waals surface area contributed by atoms with Crippen molar-refractivity contribution in [3.05, 3.63) is 0 Å². The van der Waals surface area contributed by atoms with Crippen molar-refractivity contribution in [3.8, 4) is 0 Å². The molecule has 20 heavy (non-hydrogen) atoms. The van der Waals surface area contributed by atoms with E-state index in [4.69, 9.17) is 4.74 Å². The third-order valence-corrected chi connectivity index (χ3v) is 3.77. The molecule has 1 saturated heterocycles. The number of amides is 1. The van der Waals surface area contributed by atoms with Crippen LogP contribution < -0.4 is 5.32 Å². The van der Waals surface area contributed by atoms with Crippen LogP contribution in [0, 0.1) is 0 Å². The van der Waals surface area contributed by atoms with E-state index >= 15 is 0 Å². The molecular formula is C14H27N3O3. The summed E-state index contributed by atoms with van der Waals surface area (Å²) in [4.78, 5) is 28.2. The Labute approximate surface area is 121 Å². The van der Waals surface area contributed by atoms with Gasteiger partial charge in [0.1, 0.15) is 6.04 Å². The third kappa shape index (κ3) is 3.93. The molecular weight excluding hydrogens is 258 g/mol. The minimum absolute atomic E-state index is 0.0752. The Morgan fingerprint density at radius 1 is 1.35 bits per heavy atom. The molecule has 6 heteroatoms. The number of nitrogens with one attached hydrogen (secondary N) is 1. The Morgan fingerprint density at radius 3 is 2.55 bits per heavy atom. The summed E-state index contributed by atoms with van der Waals surface area (Å²) in [5.74, 6) is -0.176. The molecule has 0 saturated carbocycles. The van der Waals surface area contributed by atoms with Crippen LogP contribution in [0.2, 0.25) is 0 Å². The third-order valence-electron chi connectivity index (χ3n) is 3.77. The summed E-state index contributed by atoms with van der Waals surface area (Å²) >= 11 is 0.